The van der Waals surface area contributed by atoms with Gasteiger partial charge in [-0.2, -0.15) is 0 Å². The van der Waals surface area contributed by atoms with Crippen LogP contribution in [0.2, 0.25) is 0 Å². The molecule has 0 atom stereocenters. The van der Waals surface area contributed by atoms with E-state index in [-0.39, 0.29) is 24.9 Å². The van der Waals surface area contributed by atoms with Crippen LogP contribution >= 0.6 is 11.3 Å². The quantitative estimate of drug-likeness (QED) is 0.777. The van der Waals surface area contributed by atoms with Crippen LogP contribution in [0.5, 0.6) is 0 Å². The lowest BCUT2D eigenvalue weighted by Gasteiger charge is -2.19. The van der Waals surface area contributed by atoms with Crippen LogP contribution < -0.4 is 11.1 Å². The van der Waals surface area contributed by atoms with Crippen LogP contribution in [-0.4, -0.2) is 43.4 Å². The first-order valence-corrected chi connectivity index (χ1v) is 6.78. The summed E-state index contributed by atoms with van der Waals surface area (Å²) in [5.41, 5.74) is 5.99. The third-order valence-corrected chi connectivity index (χ3v) is 3.37. The van der Waals surface area contributed by atoms with Gasteiger partial charge >= 0.3 is 0 Å². The summed E-state index contributed by atoms with van der Waals surface area (Å²) in [4.78, 5) is 25.7. The third kappa shape index (κ3) is 4.09. The molecule has 0 spiro atoms. The number of amides is 2. The van der Waals surface area contributed by atoms with Crippen molar-refractivity contribution >= 4 is 23.2 Å². The van der Waals surface area contributed by atoms with E-state index in [0.717, 1.165) is 0 Å². The van der Waals surface area contributed by atoms with Gasteiger partial charge in [0.15, 0.2) is 0 Å². The number of nitrogens with two attached hydrogens (primary N) is 1. The first kappa shape index (κ1) is 15.2. The predicted octanol–water partition coefficient (Wildman–Crippen LogP) is 0.266. The van der Waals surface area contributed by atoms with E-state index < -0.39 is 0 Å². The van der Waals surface area contributed by atoms with E-state index >= 15 is 0 Å². The maximum Gasteiger partial charge on any atom is 0.265 e. The van der Waals surface area contributed by atoms with Crippen LogP contribution in [0, 0.1) is 11.8 Å². The second-order valence-corrected chi connectivity index (χ2v) is 4.58. The zero-order valence-corrected chi connectivity index (χ0v) is 11.8. The van der Waals surface area contributed by atoms with Crippen LogP contribution in [-0.2, 0) is 4.79 Å². The molecule has 6 heteroatoms. The minimum absolute atomic E-state index is 0.0491. The maximum atomic E-state index is 12.3. The Bertz CT molecular complexity index is 513. The Morgan fingerprint density at radius 2 is 2.26 bits per heavy atom. The topological polar surface area (TPSA) is 75.4 Å². The fourth-order valence-corrected chi connectivity index (χ4v) is 2.26. The van der Waals surface area contributed by atoms with E-state index in [1.165, 1.54) is 16.2 Å². The van der Waals surface area contributed by atoms with Crippen molar-refractivity contribution in [1.82, 2.24) is 10.2 Å². The SMILES string of the molecule is CCN(CC(=O)NC)C(=O)c1sccc1C#CCN. The fourth-order valence-electron chi connectivity index (χ4n) is 1.44. The van der Waals surface area contributed by atoms with Gasteiger partial charge in [-0.05, 0) is 18.4 Å². The molecule has 0 aromatic carbocycles. The van der Waals surface area contributed by atoms with E-state index in [1.54, 1.807) is 13.1 Å². The lowest BCUT2D eigenvalue weighted by Crippen LogP contribution is -2.39. The van der Waals surface area contributed by atoms with Crippen LogP contribution in [0.4, 0.5) is 0 Å². The molecule has 19 heavy (non-hydrogen) atoms. The van der Waals surface area contributed by atoms with Crippen molar-refractivity contribution in [2.45, 2.75) is 6.92 Å². The molecular formula is C13H17N3O2S. The van der Waals surface area contributed by atoms with Crippen molar-refractivity contribution in [2.24, 2.45) is 5.73 Å². The van der Waals surface area contributed by atoms with Gasteiger partial charge in [0, 0.05) is 19.2 Å². The van der Waals surface area contributed by atoms with Crippen LogP contribution in [0.3, 0.4) is 0 Å². The van der Waals surface area contributed by atoms with Crippen molar-refractivity contribution in [1.29, 1.82) is 0 Å². The summed E-state index contributed by atoms with van der Waals surface area (Å²) in [7, 11) is 1.55. The standard InChI is InChI=1S/C13H17N3O2S/c1-3-16(9-11(17)15-2)13(18)12-10(5-4-7-14)6-8-19-12/h6,8H,3,7,9,14H2,1-2H3,(H,15,17). The van der Waals surface area contributed by atoms with E-state index in [4.69, 9.17) is 5.73 Å². The molecule has 1 aromatic rings. The molecule has 0 bridgehead atoms. The maximum absolute atomic E-state index is 12.3. The zero-order valence-electron chi connectivity index (χ0n) is 11.0. The molecular weight excluding hydrogens is 262 g/mol. The Morgan fingerprint density at radius 1 is 1.53 bits per heavy atom. The van der Waals surface area contributed by atoms with Gasteiger partial charge in [0.2, 0.25) is 5.91 Å². The van der Waals surface area contributed by atoms with Gasteiger partial charge in [0.05, 0.1) is 13.1 Å². The average molecular weight is 279 g/mol. The molecule has 0 aliphatic rings. The van der Waals surface area contributed by atoms with Gasteiger partial charge in [-0.3, -0.25) is 9.59 Å². The largest absolute Gasteiger partial charge is 0.358 e. The molecule has 0 unspecified atom stereocenters. The molecule has 1 rings (SSSR count). The second kappa shape index (κ2) is 7.56. The number of carbonyl (C=O) groups excluding carboxylic acids is 2. The first-order valence-electron chi connectivity index (χ1n) is 5.90. The summed E-state index contributed by atoms with van der Waals surface area (Å²) in [6, 6.07) is 1.79. The number of hydrogen-bond donors (Lipinski definition) is 2. The van der Waals surface area contributed by atoms with Gasteiger partial charge in [-0.15, -0.1) is 11.3 Å². The Labute approximate surface area is 116 Å². The van der Waals surface area contributed by atoms with Crippen molar-refractivity contribution in [3.8, 4) is 11.8 Å². The van der Waals surface area contributed by atoms with Gasteiger partial charge in [-0.1, -0.05) is 11.8 Å². The summed E-state index contributed by atoms with van der Waals surface area (Å²) in [6.07, 6.45) is 0. The molecule has 3 N–H and O–H groups in total. The number of hydrogen-bond acceptors (Lipinski definition) is 4. The molecule has 1 heterocycles. The summed E-state index contributed by atoms with van der Waals surface area (Å²) in [5, 5.41) is 4.31. The lowest BCUT2D eigenvalue weighted by atomic mass is 10.2. The summed E-state index contributed by atoms with van der Waals surface area (Å²) >= 11 is 1.32. The molecule has 102 valence electrons. The zero-order chi connectivity index (χ0) is 14.3. The van der Waals surface area contributed by atoms with E-state index in [2.05, 4.69) is 17.2 Å². The smallest absolute Gasteiger partial charge is 0.265 e. The van der Waals surface area contributed by atoms with Gasteiger partial charge < -0.3 is 16.0 Å². The van der Waals surface area contributed by atoms with Gasteiger partial charge in [0.1, 0.15) is 4.88 Å². The molecule has 0 radical (unpaired) electrons. The predicted molar refractivity (Wildman–Crippen MR) is 75.9 cm³/mol. The number of nitrogens with zero attached hydrogens (tertiary/aromatic N) is 1. The summed E-state index contributed by atoms with van der Waals surface area (Å²) in [5.74, 6) is 5.23. The molecule has 0 saturated heterocycles. The molecule has 2 amide bonds. The van der Waals surface area contributed by atoms with Crippen LogP contribution in [0.25, 0.3) is 0 Å². The van der Waals surface area contributed by atoms with Gasteiger partial charge in [0.25, 0.3) is 5.91 Å². The normalized spacial score (nSPS) is 9.42. The van der Waals surface area contributed by atoms with E-state index in [1.807, 2.05) is 12.3 Å². The van der Waals surface area contributed by atoms with Crippen LogP contribution in [0.15, 0.2) is 11.4 Å². The molecule has 0 aliphatic carbocycles. The minimum Gasteiger partial charge on any atom is -0.358 e. The highest BCUT2D eigenvalue weighted by molar-refractivity contribution is 7.12. The second-order valence-electron chi connectivity index (χ2n) is 3.66. The molecule has 0 saturated carbocycles. The van der Waals surface area contributed by atoms with Crippen molar-refractivity contribution < 1.29 is 9.59 Å². The minimum atomic E-state index is -0.193. The Balaban J connectivity index is 2.91. The number of nitrogens with one attached hydrogen (secondary N) is 1. The van der Waals surface area contributed by atoms with Crippen LogP contribution in [0.1, 0.15) is 22.2 Å². The molecule has 1 aromatic heterocycles. The number of thiophene rings is 1. The third-order valence-electron chi connectivity index (χ3n) is 2.47. The van der Waals surface area contributed by atoms with Crippen molar-refractivity contribution in [3.05, 3.63) is 21.9 Å². The first-order chi connectivity index (χ1) is 9.13. The summed E-state index contributed by atoms with van der Waals surface area (Å²) < 4.78 is 0. The highest BCUT2D eigenvalue weighted by Crippen LogP contribution is 2.18. The number of carbonyl (C=O) groups is 2. The molecule has 0 aliphatic heterocycles. The Kier molecular flexibility index (Phi) is 6.06. The molecule has 5 nitrogen and oxygen atoms in total. The van der Waals surface area contributed by atoms with Crippen molar-refractivity contribution in [2.75, 3.05) is 26.7 Å². The van der Waals surface area contributed by atoms with Gasteiger partial charge in [-0.25, -0.2) is 0 Å². The monoisotopic (exact) mass is 279 g/mol. The average Bonchev–Trinajstić information content (AvgIpc) is 2.89. The molecule has 0 fully saturated rings. The summed E-state index contributed by atoms with van der Waals surface area (Å²) in [6.45, 7) is 2.60. The Hall–Kier alpha value is -1.84. The highest BCUT2D eigenvalue weighted by Gasteiger charge is 2.20. The number of rotatable bonds is 4. The number of likely N-dealkylation sites (N-methyl/N-ethyl adjacent to an activating group) is 2. The van der Waals surface area contributed by atoms with Crippen molar-refractivity contribution in [3.63, 3.8) is 0 Å². The highest BCUT2D eigenvalue weighted by atomic mass is 32.1. The fraction of sp³-hybridized carbons (Fsp3) is 0.385. The lowest BCUT2D eigenvalue weighted by molar-refractivity contribution is -0.121. The van der Waals surface area contributed by atoms with E-state index in [9.17, 15) is 9.59 Å². The van der Waals surface area contributed by atoms with E-state index in [0.29, 0.717) is 17.0 Å². The Morgan fingerprint density at radius 3 is 2.84 bits per heavy atom.